The first-order chi connectivity index (χ1) is 11.6. The molecule has 0 amide bonds. The summed E-state index contributed by atoms with van der Waals surface area (Å²) in [7, 11) is 0. The number of hydrogen-bond donors (Lipinski definition) is 1. The van der Waals surface area contributed by atoms with Crippen molar-refractivity contribution in [2.45, 2.75) is 20.4 Å². The standard InChI is InChI=1S/C17H17N3O3S/c1-3-20-15(21)14(11-19-12-8-6-5-7-9-12)24-16(20)13(10-18)17(22)23-4-2/h5-9,11,19H,3-4H2,1-2H3. The molecule has 0 unspecified atom stereocenters. The Morgan fingerprint density at radius 2 is 2.08 bits per heavy atom. The number of thiazole rings is 1. The fourth-order valence-corrected chi connectivity index (χ4v) is 3.14. The molecule has 1 aromatic heterocycles. The van der Waals surface area contributed by atoms with Crippen molar-refractivity contribution < 1.29 is 9.53 Å². The molecule has 0 saturated carbocycles. The van der Waals surface area contributed by atoms with Gasteiger partial charge in [-0.1, -0.05) is 18.2 Å². The van der Waals surface area contributed by atoms with E-state index in [0.29, 0.717) is 15.7 Å². The molecule has 24 heavy (non-hydrogen) atoms. The molecular weight excluding hydrogens is 326 g/mol. The van der Waals surface area contributed by atoms with Gasteiger partial charge in [-0.25, -0.2) is 4.79 Å². The van der Waals surface area contributed by atoms with E-state index in [4.69, 9.17) is 4.74 Å². The van der Waals surface area contributed by atoms with Crippen molar-refractivity contribution in [2.75, 3.05) is 11.9 Å². The van der Waals surface area contributed by atoms with Crippen LogP contribution in [-0.2, 0) is 16.1 Å². The van der Waals surface area contributed by atoms with Crippen molar-refractivity contribution >= 4 is 34.8 Å². The molecule has 124 valence electrons. The van der Waals surface area contributed by atoms with E-state index in [1.54, 1.807) is 20.0 Å². The molecule has 0 aliphatic carbocycles. The van der Waals surface area contributed by atoms with E-state index in [0.717, 1.165) is 17.0 Å². The molecule has 1 aromatic carbocycles. The Labute approximate surface area is 142 Å². The molecule has 1 N–H and O–H groups in total. The third-order valence-electron chi connectivity index (χ3n) is 3.17. The number of benzene rings is 1. The predicted molar refractivity (Wildman–Crippen MR) is 93.7 cm³/mol. The van der Waals surface area contributed by atoms with Crippen LogP contribution in [0.15, 0.2) is 35.1 Å². The second-order valence-corrected chi connectivity index (χ2v) is 5.71. The average Bonchev–Trinajstić information content (AvgIpc) is 2.90. The molecule has 0 bridgehead atoms. The molecule has 6 nitrogen and oxygen atoms in total. The Balaban J connectivity index is 2.58. The summed E-state index contributed by atoms with van der Waals surface area (Å²) < 4.78 is 7.02. The molecule has 0 aliphatic heterocycles. The fourth-order valence-electron chi connectivity index (χ4n) is 2.06. The number of ether oxygens (including phenoxy) is 1. The van der Waals surface area contributed by atoms with Crippen LogP contribution in [0, 0.1) is 11.3 Å². The van der Waals surface area contributed by atoms with Crippen LogP contribution in [0.4, 0.5) is 5.69 Å². The van der Waals surface area contributed by atoms with Gasteiger partial charge in [0.1, 0.15) is 15.3 Å². The van der Waals surface area contributed by atoms with E-state index in [1.807, 2.05) is 36.4 Å². The molecule has 0 spiro atoms. The Kier molecular flexibility index (Phi) is 5.93. The van der Waals surface area contributed by atoms with E-state index >= 15 is 0 Å². The number of carbonyl (C=O) groups is 1. The number of aromatic nitrogens is 1. The molecule has 0 fully saturated rings. The lowest BCUT2D eigenvalue weighted by molar-refractivity contribution is -0.136. The highest BCUT2D eigenvalue weighted by atomic mass is 32.1. The van der Waals surface area contributed by atoms with Gasteiger partial charge < -0.3 is 10.1 Å². The Bertz CT molecular complexity index is 936. The first-order valence-corrected chi connectivity index (χ1v) is 8.27. The molecular formula is C17H17N3O3S. The first kappa shape index (κ1) is 17.5. The highest BCUT2D eigenvalue weighted by Crippen LogP contribution is 2.04. The number of esters is 1. The molecule has 0 radical (unpaired) electrons. The molecule has 7 heteroatoms. The van der Waals surface area contributed by atoms with Crippen molar-refractivity contribution in [2.24, 2.45) is 0 Å². The smallest absolute Gasteiger partial charge is 0.351 e. The van der Waals surface area contributed by atoms with Gasteiger partial charge in [0.25, 0.3) is 5.56 Å². The Morgan fingerprint density at radius 1 is 1.38 bits per heavy atom. The summed E-state index contributed by atoms with van der Waals surface area (Å²) in [5, 5.41) is 12.3. The predicted octanol–water partition coefficient (Wildman–Crippen LogP) is 1.02. The average molecular weight is 343 g/mol. The third-order valence-corrected chi connectivity index (χ3v) is 4.30. The van der Waals surface area contributed by atoms with Gasteiger partial charge in [-0.3, -0.25) is 9.36 Å². The van der Waals surface area contributed by atoms with Gasteiger partial charge in [-0.2, -0.15) is 5.26 Å². The number of nitriles is 1. The van der Waals surface area contributed by atoms with Gasteiger partial charge >= 0.3 is 5.97 Å². The summed E-state index contributed by atoms with van der Waals surface area (Å²) in [4.78, 5) is 24.4. The molecule has 1 heterocycles. The number of hydrogen-bond acceptors (Lipinski definition) is 6. The zero-order valence-electron chi connectivity index (χ0n) is 13.4. The SMILES string of the molecule is CCOC(=O)C(C#N)=c1sc(=CNc2ccccc2)c(=O)n1CC. The van der Waals surface area contributed by atoms with Gasteiger partial charge in [0.05, 0.1) is 6.61 Å². The maximum Gasteiger partial charge on any atom is 0.351 e. The number of rotatable bonds is 5. The molecule has 2 rings (SSSR count). The highest BCUT2D eigenvalue weighted by molar-refractivity contribution is 7.07. The summed E-state index contributed by atoms with van der Waals surface area (Å²) >= 11 is 1.09. The van der Waals surface area contributed by atoms with E-state index in [1.165, 1.54) is 4.57 Å². The minimum Gasteiger partial charge on any atom is -0.462 e. The summed E-state index contributed by atoms with van der Waals surface area (Å²) in [6, 6.07) is 11.2. The van der Waals surface area contributed by atoms with Gasteiger partial charge in [0, 0.05) is 18.4 Å². The largest absolute Gasteiger partial charge is 0.462 e. The molecule has 0 saturated heterocycles. The Morgan fingerprint density at radius 3 is 2.67 bits per heavy atom. The van der Waals surface area contributed by atoms with Crippen LogP contribution in [0.2, 0.25) is 0 Å². The maximum atomic E-state index is 12.5. The van der Waals surface area contributed by atoms with Crippen molar-refractivity contribution in [3.8, 4) is 6.07 Å². The van der Waals surface area contributed by atoms with E-state index in [2.05, 4.69) is 5.32 Å². The lowest BCUT2D eigenvalue weighted by Gasteiger charge is -2.00. The lowest BCUT2D eigenvalue weighted by Crippen LogP contribution is -2.32. The number of carbonyl (C=O) groups excluding carboxylic acids is 1. The molecule has 2 aromatic rings. The summed E-state index contributed by atoms with van der Waals surface area (Å²) in [5.74, 6) is -0.717. The van der Waals surface area contributed by atoms with Crippen molar-refractivity contribution in [3.05, 3.63) is 49.9 Å². The number of anilines is 1. The van der Waals surface area contributed by atoms with E-state index in [-0.39, 0.29) is 17.7 Å². The Hall–Kier alpha value is -2.85. The van der Waals surface area contributed by atoms with E-state index in [9.17, 15) is 14.9 Å². The van der Waals surface area contributed by atoms with Crippen LogP contribution >= 0.6 is 11.3 Å². The van der Waals surface area contributed by atoms with Gasteiger partial charge in [0.2, 0.25) is 0 Å². The number of nitrogens with one attached hydrogen (secondary N) is 1. The quantitative estimate of drug-likeness (QED) is 0.820. The van der Waals surface area contributed by atoms with Crippen LogP contribution in [0.25, 0.3) is 11.8 Å². The maximum absolute atomic E-state index is 12.5. The van der Waals surface area contributed by atoms with Crippen molar-refractivity contribution in [3.63, 3.8) is 0 Å². The van der Waals surface area contributed by atoms with Crippen LogP contribution in [0.3, 0.4) is 0 Å². The molecule has 0 aliphatic rings. The minimum atomic E-state index is -0.717. The summed E-state index contributed by atoms with van der Waals surface area (Å²) in [5.41, 5.74) is 0.433. The highest BCUT2D eigenvalue weighted by Gasteiger charge is 2.16. The van der Waals surface area contributed by atoms with Crippen LogP contribution in [0.5, 0.6) is 0 Å². The van der Waals surface area contributed by atoms with Gasteiger partial charge in [0.15, 0.2) is 5.57 Å². The second-order valence-electron chi connectivity index (χ2n) is 4.68. The topological polar surface area (TPSA) is 84.1 Å². The van der Waals surface area contributed by atoms with E-state index < -0.39 is 5.97 Å². The van der Waals surface area contributed by atoms with Crippen molar-refractivity contribution in [1.82, 2.24) is 4.57 Å². The zero-order valence-corrected chi connectivity index (χ0v) is 14.2. The van der Waals surface area contributed by atoms with Gasteiger partial charge in [-0.05, 0) is 26.0 Å². The summed E-state index contributed by atoms with van der Waals surface area (Å²) in [6.45, 7) is 3.97. The minimum absolute atomic E-state index is 0.153. The van der Waals surface area contributed by atoms with Crippen LogP contribution < -0.4 is 20.1 Å². The van der Waals surface area contributed by atoms with Crippen LogP contribution in [-0.4, -0.2) is 17.1 Å². The third kappa shape index (κ3) is 3.73. The lowest BCUT2D eigenvalue weighted by atomic mass is 10.3. The second kappa shape index (κ2) is 8.13. The summed E-state index contributed by atoms with van der Waals surface area (Å²) in [6.07, 6.45) is 1.58. The van der Waals surface area contributed by atoms with Crippen LogP contribution in [0.1, 0.15) is 13.8 Å². The first-order valence-electron chi connectivity index (χ1n) is 7.45. The normalized spacial score (nSPS) is 12.5. The molecule has 0 atom stereocenters. The van der Waals surface area contributed by atoms with Crippen molar-refractivity contribution in [1.29, 1.82) is 5.26 Å². The zero-order chi connectivity index (χ0) is 17.5. The fraction of sp³-hybridized carbons (Fsp3) is 0.235. The number of para-hydroxylation sites is 1. The van der Waals surface area contributed by atoms with Gasteiger partial charge in [-0.15, -0.1) is 11.3 Å². The number of nitrogens with zero attached hydrogens (tertiary/aromatic N) is 2. The monoisotopic (exact) mass is 343 g/mol.